The lowest BCUT2D eigenvalue weighted by Crippen LogP contribution is -2.65. The summed E-state index contributed by atoms with van der Waals surface area (Å²) < 4.78 is 26.5. The van der Waals surface area contributed by atoms with Gasteiger partial charge in [0.15, 0.2) is 18.9 Å². The third kappa shape index (κ3) is 5.02. The first kappa shape index (κ1) is 25.1. The Morgan fingerprint density at radius 2 is 1.29 bits per heavy atom. The fourth-order valence-corrected chi connectivity index (χ4v) is 3.75. The van der Waals surface area contributed by atoms with Crippen LogP contribution in [0.2, 0.25) is 0 Å². The monoisotopic (exact) mass is 458 g/mol. The first-order valence-electron chi connectivity index (χ1n) is 9.85. The van der Waals surface area contributed by atoms with Crippen LogP contribution in [0.25, 0.3) is 0 Å². The standard InChI is InChI=1S/C17H30O14/c1-4-13(8(21)10(23)15(26)28-4)30-17-12(25)9(22)14(6(2-18)29-17)31-16-11(24)7(20)5(19)3-27-16/h4-26H,2-3H2,1H3. The first-order valence-corrected chi connectivity index (χ1v) is 9.85. The van der Waals surface area contributed by atoms with Gasteiger partial charge in [-0.25, -0.2) is 0 Å². The Hall–Kier alpha value is -0.560. The van der Waals surface area contributed by atoms with E-state index in [0.29, 0.717) is 0 Å². The van der Waals surface area contributed by atoms with Gasteiger partial charge in [0.2, 0.25) is 0 Å². The molecule has 14 heteroatoms. The molecule has 3 heterocycles. The summed E-state index contributed by atoms with van der Waals surface area (Å²) in [5, 5.41) is 89.4. The van der Waals surface area contributed by atoms with E-state index < -0.39 is 92.6 Å². The molecule has 0 spiro atoms. The van der Waals surface area contributed by atoms with Crippen LogP contribution in [0.1, 0.15) is 6.92 Å². The van der Waals surface area contributed by atoms with E-state index in [2.05, 4.69) is 0 Å². The van der Waals surface area contributed by atoms with Crippen LogP contribution in [0.15, 0.2) is 0 Å². The topological polar surface area (TPSA) is 228 Å². The molecule has 0 aromatic heterocycles. The fraction of sp³-hybridized carbons (Fsp3) is 1.00. The Labute approximate surface area is 176 Å². The SMILES string of the molecule is CC1OC(O)C(O)C(O)C1OC1OC(CO)C(OC2OCC(O)C(O)C2O)C(O)C1O. The lowest BCUT2D eigenvalue weighted by Gasteiger charge is -2.47. The molecule has 0 bridgehead atoms. The zero-order valence-corrected chi connectivity index (χ0v) is 16.6. The minimum absolute atomic E-state index is 0.365. The summed E-state index contributed by atoms with van der Waals surface area (Å²) in [4.78, 5) is 0. The van der Waals surface area contributed by atoms with Gasteiger partial charge in [-0.15, -0.1) is 0 Å². The van der Waals surface area contributed by atoms with Crippen LogP contribution in [-0.2, 0) is 23.7 Å². The molecule has 3 saturated heterocycles. The van der Waals surface area contributed by atoms with E-state index in [1.165, 1.54) is 6.92 Å². The van der Waals surface area contributed by atoms with Crippen molar-refractivity contribution in [3.05, 3.63) is 0 Å². The minimum Gasteiger partial charge on any atom is -0.394 e. The lowest BCUT2D eigenvalue weighted by atomic mass is 9.97. The summed E-state index contributed by atoms with van der Waals surface area (Å²) in [6.45, 7) is 0.352. The largest absolute Gasteiger partial charge is 0.394 e. The summed E-state index contributed by atoms with van der Waals surface area (Å²) in [7, 11) is 0. The molecule has 3 aliphatic heterocycles. The predicted molar refractivity (Wildman–Crippen MR) is 93.8 cm³/mol. The Balaban J connectivity index is 1.68. The smallest absolute Gasteiger partial charge is 0.187 e. The highest BCUT2D eigenvalue weighted by molar-refractivity contribution is 4.94. The van der Waals surface area contributed by atoms with Gasteiger partial charge in [-0.3, -0.25) is 0 Å². The van der Waals surface area contributed by atoms with E-state index in [0.717, 1.165) is 0 Å². The quantitative estimate of drug-likeness (QED) is 0.187. The number of aliphatic hydroxyl groups excluding tert-OH is 9. The molecule has 31 heavy (non-hydrogen) atoms. The highest BCUT2D eigenvalue weighted by Gasteiger charge is 2.51. The van der Waals surface area contributed by atoms with Crippen LogP contribution in [0.5, 0.6) is 0 Å². The predicted octanol–water partition coefficient (Wildman–Crippen LogP) is -5.91. The van der Waals surface area contributed by atoms with Crippen molar-refractivity contribution >= 4 is 0 Å². The summed E-state index contributed by atoms with van der Waals surface area (Å²) in [5.41, 5.74) is 0. The summed E-state index contributed by atoms with van der Waals surface area (Å²) in [6, 6.07) is 0. The van der Waals surface area contributed by atoms with Crippen LogP contribution in [0, 0.1) is 0 Å². The number of aliphatic hydroxyl groups is 9. The van der Waals surface area contributed by atoms with Crippen molar-refractivity contribution in [3.8, 4) is 0 Å². The van der Waals surface area contributed by atoms with Gasteiger partial charge in [0.25, 0.3) is 0 Å². The lowest BCUT2D eigenvalue weighted by molar-refractivity contribution is -0.370. The second-order valence-corrected chi connectivity index (χ2v) is 7.87. The van der Waals surface area contributed by atoms with Gasteiger partial charge in [0.1, 0.15) is 61.0 Å². The van der Waals surface area contributed by atoms with Crippen LogP contribution in [-0.4, -0.2) is 145 Å². The molecule has 14 atom stereocenters. The Morgan fingerprint density at radius 1 is 0.710 bits per heavy atom. The Bertz CT molecular complexity index is 579. The minimum atomic E-state index is -1.77. The molecule has 3 fully saturated rings. The Kier molecular flexibility index (Phi) is 8.21. The average molecular weight is 458 g/mol. The maximum Gasteiger partial charge on any atom is 0.187 e. The van der Waals surface area contributed by atoms with Crippen molar-refractivity contribution in [2.75, 3.05) is 13.2 Å². The van der Waals surface area contributed by atoms with Crippen LogP contribution in [0.3, 0.4) is 0 Å². The zero-order chi connectivity index (χ0) is 23.0. The number of rotatable bonds is 5. The maximum absolute atomic E-state index is 10.5. The molecule has 0 aliphatic carbocycles. The second kappa shape index (κ2) is 10.1. The second-order valence-electron chi connectivity index (χ2n) is 7.87. The van der Waals surface area contributed by atoms with E-state index in [1.54, 1.807) is 0 Å². The van der Waals surface area contributed by atoms with Gasteiger partial charge in [0.05, 0.1) is 19.3 Å². The van der Waals surface area contributed by atoms with Gasteiger partial charge in [-0.05, 0) is 6.92 Å². The molecule has 0 radical (unpaired) electrons. The maximum atomic E-state index is 10.5. The van der Waals surface area contributed by atoms with E-state index in [9.17, 15) is 46.0 Å². The molecule has 0 aromatic rings. The van der Waals surface area contributed by atoms with Gasteiger partial charge < -0.3 is 69.6 Å². The molecule has 3 aliphatic rings. The van der Waals surface area contributed by atoms with Crippen molar-refractivity contribution in [2.24, 2.45) is 0 Å². The van der Waals surface area contributed by atoms with Gasteiger partial charge in [-0.2, -0.15) is 0 Å². The molecule has 0 amide bonds. The summed E-state index contributed by atoms with van der Waals surface area (Å²) >= 11 is 0. The van der Waals surface area contributed by atoms with Crippen molar-refractivity contribution in [3.63, 3.8) is 0 Å². The average Bonchev–Trinajstić information content (AvgIpc) is 2.74. The van der Waals surface area contributed by atoms with Crippen LogP contribution >= 0.6 is 0 Å². The first-order chi connectivity index (χ1) is 14.6. The molecule has 14 nitrogen and oxygen atoms in total. The fourth-order valence-electron chi connectivity index (χ4n) is 3.75. The molecule has 9 N–H and O–H groups in total. The molecule has 182 valence electrons. The van der Waals surface area contributed by atoms with Gasteiger partial charge >= 0.3 is 0 Å². The van der Waals surface area contributed by atoms with Crippen molar-refractivity contribution < 1.29 is 69.6 Å². The normalized spacial score (nSPS) is 54.0. The van der Waals surface area contributed by atoms with E-state index in [4.69, 9.17) is 23.7 Å². The summed E-state index contributed by atoms with van der Waals surface area (Å²) in [5.74, 6) is 0. The molecule has 0 saturated carbocycles. The molecular formula is C17H30O14. The molecular weight excluding hydrogens is 428 g/mol. The number of hydrogen-bond donors (Lipinski definition) is 9. The van der Waals surface area contributed by atoms with E-state index in [-0.39, 0.29) is 6.61 Å². The van der Waals surface area contributed by atoms with Gasteiger partial charge in [0, 0.05) is 0 Å². The molecule has 0 aromatic carbocycles. The Morgan fingerprint density at radius 3 is 1.94 bits per heavy atom. The third-order valence-electron chi connectivity index (χ3n) is 5.65. The van der Waals surface area contributed by atoms with Gasteiger partial charge in [-0.1, -0.05) is 0 Å². The van der Waals surface area contributed by atoms with E-state index in [1.807, 2.05) is 0 Å². The third-order valence-corrected chi connectivity index (χ3v) is 5.65. The van der Waals surface area contributed by atoms with Crippen molar-refractivity contribution in [1.29, 1.82) is 0 Å². The number of hydrogen-bond acceptors (Lipinski definition) is 14. The number of ether oxygens (including phenoxy) is 5. The highest BCUT2D eigenvalue weighted by Crippen LogP contribution is 2.31. The zero-order valence-electron chi connectivity index (χ0n) is 16.6. The van der Waals surface area contributed by atoms with Crippen LogP contribution < -0.4 is 0 Å². The molecule has 3 rings (SSSR count). The highest BCUT2D eigenvalue weighted by atomic mass is 16.7. The van der Waals surface area contributed by atoms with E-state index >= 15 is 0 Å². The van der Waals surface area contributed by atoms with Crippen molar-refractivity contribution in [2.45, 2.75) is 92.9 Å². The van der Waals surface area contributed by atoms with Crippen LogP contribution in [0.4, 0.5) is 0 Å². The summed E-state index contributed by atoms with van der Waals surface area (Å²) in [6.07, 6.45) is -21.1. The van der Waals surface area contributed by atoms with Crippen molar-refractivity contribution in [1.82, 2.24) is 0 Å². The molecule has 14 unspecified atom stereocenters.